The minimum atomic E-state index is 0.920. The van der Waals surface area contributed by atoms with Gasteiger partial charge in [0.25, 0.3) is 0 Å². The average molecular weight is 257 g/mol. The first kappa shape index (κ1) is 10.1. The smallest absolute Gasteiger partial charge is 0.137 e. The summed E-state index contributed by atoms with van der Waals surface area (Å²) in [5, 5.41) is 4.81. The van der Waals surface area contributed by atoms with Crippen LogP contribution >= 0.6 is 0 Å². The van der Waals surface area contributed by atoms with Crippen LogP contribution in [0.1, 0.15) is 0 Å². The van der Waals surface area contributed by atoms with Crippen LogP contribution in [0.5, 0.6) is 0 Å². The van der Waals surface area contributed by atoms with Gasteiger partial charge in [-0.3, -0.25) is 0 Å². The van der Waals surface area contributed by atoms with Gasteiger partial charge in [-0.1, -0.05) is 36.4 Å². The second-order valence-corrected chi connectivity index (χ2v) is 5.13. The lowest BCUT2D eigenvalue weighted by molar-refractivity contribution is 0.664. The standard InChI is InChI=1S/C18H11NO/c1-2-9-15-11(5-1)12-6-3-7-13-17(12)18-14(19-13)8-4-10-16(18)20-15/h1-10,19H. The first-order valence-electron chi connectivity index (χ1n) is 6.72. The summed E-state index contributed by atoms with van der Waals surface area (Å²) in [7, 11) is 0. The Morgan fingerprint density at radius 3 is 2.25 bits per heavy atom. The van der Waals surface area contributed by atoms with E-state index in [1.807, 2.05) is 24.3 Å². The molecule has 3 aromatic carbocycles. The summed E-state index contributed by atoms with van der Waals surface area (Å²) in [6, 6.07) is 20.8. The summed E-state index contributed by atoms with van der Waals surface area (Å²) in [5.41, 5.74) is 4.12. The van der Waals surface area contributed by atoms with Crippen LogP contribution in [-0.2, 0) is 0 Å². The van der Waals surface area contributed by atoms with Crippen molar-refractivity contribution in [3.8, 4) is 0 Å². The molecule has 0 bridgehead atoms. The quantitative estimate of drug-likeness (QED) is 0.405. The van der Waals surface area contributed by atoms with Crippen molar-refractivity contribution in [2.24, 2.45) is 0 Å². The van der Waals surface area contributed by atoms with Gasteiger partial charge in [-0.15, -0.1) is 0 Å². The maximum atomic E-state index is 6.16. The van der Waals surface area contributed by atoms with Crippen molar-refractivity contribution < 1.29 is 4.42 Å². The van der Waals surface area contributed by atoms with Gasteiger partial charge in [-0.2, -0.15) is 0 Å². The number of hydrogen-bond acceptors (Lipinski definition) is 1. The second-order valence-electron chi connectivity index (χ2n) is 5.13. The number of nitrogens with one attached hydrogen (secondary N) is 1. The molecule has 0 radical (unpaired) electrons. The molecule has 2 nitrogen and oxygen atoms in total. The average Bonchev–Trinajstić information content (AvgIpc) is 2.79. The Labute approximate surface area is 114 Å². The molecular weight excluding hydrogens is 246 g/mol. The summed E-state index contributed by atoms with van der Waals surface area (Å²) in [5.74, 6) is 0. The van der Waals surface area contributed by atoms with Gasteiger partial charge in [0.15, 0.2) is 0 Å². The number of hydrogen-bond donors (Lipinski definition) is 1. The molecule has 94 valence electrons. The normalized spacial score (nSPS) is 12.0. The van der Waals surface area contributed by atoms with E-state index in [-0.39, 0.29) is 0 Å². The summed E-state index contributed by atoms with van der Waals surface area (Å²) in [6.07, 6.45) is 0. The van der Waals surface area contributed by atoms with E-state index in [0.29, 0.717) is 0 Å². The second kappa shape index (κ2) is 3.42. The molecule has 0 aliphatic heterocycles. The van der Waals surface area contributed by atoms with Gasteiger partial charge in [-0.05, 0) is 29.7 Å². The molecule has 0 saturated carbocycles. The molecule has 2 aromatic heterocycles. The Hall–Kier alpha value is -2.74. The molecular formula is C18H11NO. The number of benzene rings is 3. The lowest BCUT2D eigenvalue weighted by Crippen LogP contribution is -1.71. The number of rotatable bonds is 0. The van der Waals surface area contributed by atoms with E-state index in [2.05, 4.69) is 41.4 Å². The number of H-pyrrole nitrogens is 1. The van der Waals surface area contributed by atoms with E-state index in [0.717, 1.165) is 27.6 Å². The van der Waals surface area contributed by atoms with Gasteiger partial charge in [0, 0.05) is 16.3 Å². The van der Waals surface area contributed by atoms with Gasteiger partial charge >= 0.3 is 0 Å². The largest absolute Gasteiger partial charge is 0.456 e. The Bertz CT molecular complexity index is 1100. The molecule has 20 heavy (non-hydrogen) atoms. The lowest BCUT2D eigenvalue weighted by Gasteiger charge is -1.96. The van der Waals surface area contributed by atoms with E-state index in [4.69, 9.17) is 4.42 Å². The highest BCUT2D eigenvalue weighted by Gasteiger charge is 2.12. The summed E-state index contributed by atoms with van der Waals surface area (Å²) in [4.78, 5) is 3.48. The molecule has 1 N–H and O–H groups in total. The van der Waals surface area contributed by atoms with E-state index in [1.165, 1.54) is 16.2 Å². The van der Waals surface area contributed by atoms with Crippen molar-refractivity contribution in [2.75, 3.05) is 0 Å². The molecule has 0 saturated heterocycles. The third-order valence-corrected chi connectivity index (χ3v) is 4.01. The van der Waals surface area contributed by atoms with Crippen LogP contribution in [0.15, 0.2) is 65.1 Å². The SMILES string of the molecule is c1ccc2c(c1)oc1cccc3[nH]c4cccc2c4c31. The Balaban J connectivity index is 2.32. The molecule has 5 rings (SSSR count). The fourth-order valence-corrected chi connectivity index (χ4v) is 3.17. The third kappa shape index (κ3) is 1.14. The van der Waals surface area contributed by atoms with Crippen LogP contribution in [0.4, 0.5) is 0 Å². The highest BCUT2D eigenvalue weighted by molar-refractivity contribution is 6.25. The Morgan fingerprint density at radius 1 is 0.600 bits per heavy atom. The van der Waals surface area contributed by atoms with E-state index >= 15 is 0 Å². The molecule has 0 unspecified atom stereocenters. The van der Waals surface area contributed by atoms with Gasteiger partial charge in [-0.25, -0.2) is 0 Å². The highest BCUT2D eigenvalue weighted by Crippen LogP contribution is 2.36. The van der Waals surface area contributed by atoms with E-state index < -0.39 is 0 Å². The van der Waals surface area contributed by atoms with Crippen LogP contribution in [0, 0.1) is 0 Å². The van der Waals surface area contributed by atoms with Crippen molar-refractivity contribution in [1.82, 2.24) is 4.98 Å². The maximum absolute atomic E-state index is 6.16. The minimum Gasteiger partial charge on any atom is -0.456 e. The molecule has 0 aliphatic carbocycles. The molecule has 0 spiro atoms. The topological polar surface area (TPSA) is 28.9 Å². The predicted octanol–water partition coefficient (Wildman–Crippen LogP) is 5.22. The number of para-hydroxylation sites is 1. The molecule has 0 fully saturated rings. The van der Waals surface area contributed by atoms with Crippen LogP contribution < -0.4 is 0 Å². The van der Waals surface area contributed by atoms with Crippen LogP contribution in [0.3, 0.4) is 0 Å². The number of fused-ring (bicyclic) bond motifs is 2. The van der Waals surface area contributed by atoms with Crippen molar-refractivity contribution >= 4 is 43.7 Å². The molecule has 2 heteroatoms. The fourth-order valence-electron chi connectivity index (χ4n) is 3.17. The maximum Gasteiger partial charge on any atom is 0.137 e. The third-order valence-electron chi connectivity index (χ3n) is 4.01. The summed E-state index contributed by atoms with van der Waals surface area (Å²) in [6.45, 7) is 0. The van der Waals surface area contributed by atoms with Crippen LogP contribution in [0.25, 0.3) is 43.7 Å². The first-order chi connectivity index (χ1) is 9.92. The number of aromatic amines is 1. The van der Waals surface area contributed by atoms with Gasteiger partial charge in [0.2, 0.25) is 0 Å². The van der Waals surface area contributed by atoms with Crippen LogP contribution in [0.2, 0.25) is 0 Å². The molecule has 0 aliphatic rings. The number of aromatic nitrogens is 1. The van der Waals surface area contributed by atoms with Crippen molar-refractivity contribution in [3.63, 3.8) is 0 Å². The Morgan fingerprint density at radius 2 is 1.30 bits per heavy atom. The lowest BCUT2D eigenvalue weighted by atomic mass is 10.1. The van der Waals surface area contributed by atoms with E-state index in [9.17, 15) is 0 Å². The zero-order valence-corrected chi connectivity index (χ0v) is 10.7. The molecule has 2 heterocycles. The van der Waals surface area contributed by atoms with E-state index in [1.54, 1.807) is 0 Å². The van der Waals surface area contributed by atoms with Gasteiger partial charge < -0.3 is 9.40 Å². The predicted molar refractivity (Wildman–Crippen MR) is 83.1 cm³/mol. The van der Waals surface area contributed by atoms with Gasteiger partial charge in [0.1, 0.15) is 11.2 Å². The fraction of sp³-hybridized carbons (Fsp3) is 0. The first-order valence-corrected chi connectivity index (χ1v) is 6.72. The van der Waals surface area contributed by atoms with Crippen molar-refractivity contribution in [2.45, 2.75) is 0 Å². The Kier molecular flexibility index (Phi) is 1.73. The molecule has 0 amide bonds. The molecule has 5 aromatic rings. The van der Waals surface area contributed by atoms with Gasteiger partial charge in [0.05, 0.1) is 10.9 Å². The van der Waals surface area contributed by atoms with Crippen molar-refractivity contribution in [1.29, 1.82) is 0 Å². The monoisotopic (exact) mass is 257 g/mol. The van der Waals surface area contributed by atoms with Crippen LogP contribution in [-0.4, -0.2) is 4.98 Å². The van der Waals surface area contributed by atoms with Crippen molar-refractivity contribution in [3.05, 3.63) is 60.7 Å². The summed E-state index contributed by atoms with van der Waals surface area (Å²) >= 11 is 0. The zero-order valence-electron chi connectivity index (χ0n) is 10.7. The highest BCUT2D eigenvalue weighted by atomic mass is 16.3. The molecule has 0 atom stereocenters. The minimum absolute atomic E-state index is 0.920. The zero-order chi connectivity index (χ0) is 13.1. The summed E-state index contributed by atoms with van der Waals surface area (Å²) < 4.78 is 6.16.